The van der Waals surface area contributed by atoms with Gasteiger partial charge < -0.3 is 10.6 Å². The summed E-state index contributed by atoms with van der Waals surface area (Å²) < 4.78 is 68.9. The van der Waals surface area contributed by atoms with Crippen molar-refractivity contribution in [3.63, 3.8) is 0 Å². The van der Waals surface area contributed by atoms with Crippen molar-refractivity contribution in [1.29, 1.82) is 0 Å². The van der Waals surface area contributed by atoms with E-state index in [1.165, 1.54) is 29.5 Å². The third-order valence-electron chi connectivity index (χ3n) is 5.75. The van der Waals surface area contributed by atoms with Gasteiger partial charge in [0.1, 0.15) is 5.78 Å². The van der Waals surface area contributed by atoms with Crippen LogP contribution >= 0.6 is 11.3 Å². The molecular weight excluding hydrogens is 487 g/mol. The van der Waals surface area contributed by atoms with E-state index in [0.717, 1.165) is 29.8 Å². The van der Waals surface area contributed by atoms with E-state index in [-0.39, 0.29) is 30.0 Å². The van der Waals surface area contributed by atoms with Gasteiger partial charge in [-0.15, -0.1) is 0 Å². The standard InChI is InChI=1S/C25H21F5N2O2S/c26-24(27,23(34)32-20-12-31-13-20)18-4-5-22(16-6-7-35-14-16)17(10-18)11-21(33)9-15-2-1-3-19(8-15)25(28,29)30/h1-8,10,14,20,31H,9,11-13H2,(H,32,34). The van der Waals surface area contributed by atoms with E-state index in [4.69, 9.17) is 0 Å². The minimum Gasteiger partial charge on any atom is -0.345 e. The molecule has 0 spiro atoms. The Balaban J connectivity index is 1.59. The van der Waals surface area contributed by atoms with Crippen LogP contribution in [-0.2, 0) is 34.5 Å². The molecule has 4 nitrogen and oxygen atoms in total. The Morgan fingerprint density at radius 1 is 0.971 bits per heavy atom. The average molecular weight is 509 g/mol. The van der Waals surface area contributed by atoms with E-state index in [1.54, 1.807) is 16.8 Å². The van der Waals surface area contributed by atoms with Gasteiger partial charge in [-0.05, 0) is 51.2 Å². The number of hydrogen-bond acceptors (Lipinski definition) is 4. The summed E-state index contributed by atoms with van der Waals surface area (Å²) in [7, 11) is 0. The molecule has 1 aliphatic rings. The van der Waals surface area contributed by atoms with Gasteiger partial charge in [0.25, 0.3) is 5.91 Å². The number of hydrogen-bond donors (Lipinski definition) is 2. The maximum Gasteiger partial charge on any atom is 0.416 e. The summed E-state index contributed by atoms with van der Waals surface area (Å²) in [5.74, 6) is -5.68. The highest BCUT2D eigenvalue weighted by molar-refractivity contribution is 7.08. The number of rotatable bonds is 8. The third-order valence-corrected chi connectivity index (χ3v) is 6.43. The van der Waals surface area contributed by atoms with Gasteiger partial charge in [0.2, 0.25) is 0 Å². The normalized spacial score (nSPS) is 14.4. The topological polar surface area (TPSA) is 58.2 Å². The van der Waals surface area contributed by atoms with Crippen LogP contribution in [0, 0.1) is 0 Å². The maximum absolute atomic E-state index is 14.9. The number of ketones is 1. The lowest BCUT2D eigenvalue weighted by atomic mass is 9.92. The van der Waals surface area contributed by atoms with Crippen molar-refractivity contribution < 1.29 is 31.5 Å². The van der Waals surface area contributed by atoms with Crippen molar-refractivity contribution in [2.45, 2.75) is 31.0 Å². The summed E-state index contributed by atoms with van der Waals surface area (Å²) in [5, 5.41) is 8.78. The zero-order valence-electron chi connectivity index (χ0n) is 18.3. The van der Waals surface area contributed by atoms with Gasteiger partial charge >= 0.3 is 12.1 Å². The smallest absolute Gasteiger partial charge is 0.345 e. The molecule has 2 N–H and O–H groups in total. The van der Waals surface area contributed by atoms with Crippen LogP contribution in [0.4, 0.5) is 22.0 Å². The third kappa shape index (κ3) is 5.76. The van der Waals surface area contributed by atoms with Crippen LogP contribution < -0.4 is 10.6 Å². The molecule has 0 aliphatic carbocycles. The lowest BCUT2D eigenvalue weighted by Crippen LogP contribution is -2.59. The largest absolute Gasteiger partial charge is 0.416 e. The second-order valence-corrected chi connectivity index (χ2v) is 9.16. The number of benzene rings is 2. The lowest BCUT2D eigenvalue weighted by molar-refractivity contribution is -0.148. The van der Waals surface area contributed by atoms with Gasteiger partial charge in [-0.2, -0.15) is 33.3 Å². The average Bonchev–Trinajstić information content (AvgIpc) is 3.30. The molecule has 1 amide bonds. The van der Waals surface area contributed by atoms with Gasteiger partial charge in [-0.1, -0.05) is 30.3 Å². The quantitative estimate of drug-likeness (QED) is 0.423. The maximum atomic E-state index is 14.9. The van der Waals surface area contributed by atoms with E-state index in [2.05, 4.69) is 10.6 Å². The first-order valence-electron chi connectivity index (χ1n) is 10.8. The van der Waals surface area contributed by atoms with Gasteiger partial charge in [-0.25, -0.2) is 0 Å². The van der Waals surface area contributed by atoms with Crippen molar-refractivity contribution in [1.82, 2.24) is 10.6 Å². The summed E-state index contributed by atoms with van der Waals surface area (Å²) in [4.78, 5) is 25.0. The van der Waals surface area contributed by atoms with Crippen LogP contribution in [0.5, 0.6) is 0 Å². The van der Waals surface area contributed by atoms with Crippen molar-refractivity contribution in [3.8, 4) is 11.1 Å². The Hall–Kier alpha value is -3.11. The fraction of sp³-hybridized carbons (Fsp3) is 0.280. The summed E-state index contributed by atoms with van der Waals surface area (Å²) in [6, 6.07) is 9.59. The molecular formula is C25H21F5N2O2S. The molecule has 184 valence electrons. The van der Waals surface area contributed by atoms with Crippen LogP contribution in [0.25, 0.3) is 11.1 Å². The van der Waals surface area contributed by atoms with Gasteiger partial charge in [0, 0.05) is 31.5 Å². The number of alkyl halides is 5. The van der Waals surface area contributed by atoms with Crippen molar-refractivity contribution >= 4 is 23.0 Å². The summed E-state index contributed by atoms with van der Waals surface area (Å²) in [6.45, 7) is 0.822. The molecule has 0 atom stereocenters. The highest BCUT2D eigenvalue weighted by atomic mass is 32.1. The first kappa shape index (κ1) is 25.0. The molecule has 1 saturated heterocycles. The number of Topliss-reactive ketones (excluding diaryl/α,β-unsaturated/α-hetero) is 1. The minimum atomic E-state index is -4.54. The molecule has 1 aromatic heterocycles. The Bertz CT molecular complexity index is 1220. The van der Waals surface area contributed by atoms with Crippen LogP contribution in [0.1, 0.15) is 22.3 Å². The summed E-state index contributed by atoms with van der Waals surface area (Å²) in [5.41, 5.74) is 0.301. The monoisotopic (exact) mass is 508 g/mol. The van der Waals surface area contributed by atoms with E-state index in [1.807, 2.05) is 0 Å². The molecule has 3 aromatic rings. The molecule has 4 rings (SSSR count). The molecule has 1 fully saturated rings. The van der Waals surface area contributed by atoms with Crippen molar-refractivity contribution in [2.75, 3.05) is 13.1 Å². The first-order valence-corrected chi connectivity index (χ1v) is 11.7. The Labute approximate surface area is 202 Å². The summed E-state index contributed by atoms with van der Waals surface area (Å²) >= 11 is 1.39. The van der Waals surface area contributed by atoms with E-state index < -0.39 is 34.9 Å². The first-order chi connectivity index (χ1) is 16.5. The number of thiophene rings is 1. The van der Waals surface area contributed by atoms with Crippen LogP contribution in [0.2, 0.25) is 0 Å². The van der Waals surface area contributed by atoms with Gasteiger partial charge in [-0.3, -0.25) is 9.59 Å². The second kappa shape index (κ2) is 9.87. The zero-order chi connectivity index (χ0) is 25.2. The minimum absolute atomic E-state index is 0.178. The predicted molar refractivity (Wildman–Crippen MR) is 122 cm³/mol. The molecule has 2 aromatic carbocycles. The summed E-state index contributed by atoms with van der Waals surface area (Å²) in [6.07, 6.45) is -5.11. The number of carbonyl (C=O) groups excluding carboxylic acids is 2. The van der Waals surface area contributed by atoms with Gasteiger partial charge in [0.05, 0.1) is 11.6 Å². The Morgan fingerprint density at radius 3 is 2.37 bits per heavy atom. The number of amides is 1. The molecule has 10 heteroatoms. The second-order valence-electron chi connectivity index (χ2n) is 8.38. The van der Waals surface area contributed by atoms with Crippen molar-refractivity contribution in [3.05, 3.63) is 81.5 Å². The highest BCUT2D eigenvalue weighted by Crippen LogP contribution is 2.34. The van der Waals surface area contributed by atoms with Gasteiger partial charge in [0.15, 0.2) is 0 Å². The van der Waals surface area contributed by atoms with E-state index in [0.29, 0.717) is 18.7 Å². The Kier molecular flexibility index (Phi) is 7.05. The molecule has 0 bridgehead atoms. The fourth-order valence-corrected chi connectivity index (χ4v) is 4.45. The Morgan fingerprint density at radius 2 is 1.74 bits per heavy atom. The van der Waals surface area contributed by atoms with Crippen molar-refractivity contribution in [2.24, 2.45) is 0 Å². The molecule has 1 aliphatic heterocycles. The number of nitrogens with one attached hydrogen (secondary N) is 2. The fourth-order valence-electron chi connectivity index (χ4n) is 3.79. The van der Waals surface area contributed by atoms with Crippen LogP contribution in [-0.4, -0.2) is 30.8 Å². The molecule has 35 heavy (non-hydrogen) atoms. The molecule has 2 heterocycles. The van der Waals surface area contributed by atoms with Crippen LogP contribution in [0.3, 0.4) is 0 Å². The zero-order valence-corrected chi connectivity index (χ0v) is 19.1. The highest BCUT2D eigenvalue weighted by Gasteiger charge is 2.42. The predicted octanol–water partition coefficient (Wildman–Crippen LogP) is 4.97. The number of carbonyl (C=O) groups is 2. The SMILES string of the molecule is O=C(Cc1cccc(C(F)(F)F)c1)Cc1cc(C(F)(F)C(=O)NC2CNC2)ccc1-c1ccsc1. The lowest BCUT2D eigenvalue weighted by Gasteiger charge is -2.29. The van der Waals surface area contributed by atoms with E-state index >= 15 is 0 Å². The molecule has 0 saturated carbocycles. The molecule has 0 unspecified atom stereocenters. The van der Waals surface area contributed by atoms with Crippen LogP contribution in [0.15, 0.2) is 59.3 Å². The number of halogens is 5. The van der Waals surface area contributed by atoms with E-state index in [9.17, 15) is 31.5 Å². The molecule has 0 radical (unpaired) electrons.